The molecule has 0 bridgehead atoms. The zero-order valence-corrected chi connectivity index (χ0v) is 11.2. The van der Waals surface area contributed by atoms with Crippen molar-refractivity contribution < 1.29 is 0 Å². The quantitative estimate of drug-likeness (QED) is 0.744. The number of aryl methyl sites for hydroxylation is 2. The van der Waals surface area contributed by atoms with E-state index in [1.807, 2.05) is 0 Å². The van der Waals surface area contributed by atoms with E-state index in [0.29, 0.717) is 0 Å². The summed E-state index contributed by atoms with van der Waals surface area (Å²) in [7, 11) is 0. The van der Waals surface area contributed by atoms with Crippen LogP contribution in [0.15, 0.2) is 35.2 Å². The molecule has 1 N–H and O–H groups in total. The average molecular weight is 248 g/mol. The minimum atomic E-state index is 0.977. The Bertz CT molecular complexity index is 417. The number of hydrogen-bond donors (Lipinski definition) is 1. The predicted molar refractivity (Wildman–Crippen MR) is 74.5 cm³/mol. The summed E-state index contributed by atoms with van der Waals surface area (Å²) >= 11 is 1.78. The standard InChI is InChI=1S/C14H20N2S/c1-2-7-15-11-14-4-3-8-16(14)9-5-13-6-10-17-12-13/h3-4,6,8,10,12,15H,2,5,7,9,11H2,1H3. The topological polar surface area (TPSA) is 17.0 Å². The molecule has 0 saturated carbocycles. The van der Waals surface area contributed by atoms with E-state index < -0.39 is 0 Å². The third-order valence-electron chi connectivity index (χ3n) is 2.88. The van der Waals surface area contributed by atoms with Gasteiger partial charge in [-0.15, -0.1) is 0 Å². The average Bonchev–Trinajstić information content (AvgIpc) is 2.97. The number of aromatic nitrogens is 1. The first-order valence-corrected chi connectivity index (χ1v) is 7.20. The molecule has 2 nitrogen and oxygen atoms in total. The van der Waals surface area contributed by atoms with Crippen LogP contribution in [0.25, 0.3) is 0 Å². The number of thiophene rings is 1. The van der Waals surface area contributed by atoms with Gasteiger partial charge in [0.05, 0.1) is 0 Å². The zero-order valence-electron chi connectivity index (χ0n) is 10.4. The van der Waals surface area contributed by atoms with E-state index in [1.165, 1.54) is 17.7 Å². The molecule has 0 unspecified atom stereocenters. The molecule has 0 amide bonds. The molecule has 0 aliphatic heterocycles. The van der Waals surface area contributed by atoms with Crippen molar-refractivity contribution in [3.8, 4) is 0 Å². The van der Waals surface area contributed by atoms with Crippen LogP contribution in [0.2, 0.25) is 0 Å². The lowest BCUT2D eigenvalue weighted by molar-refractivity contribution is 0.605. The summed E-state index contributed by atoms with van der Waals surface area (Å²) in [4.78, 5) is 0. The Balaban J connectivity index is 1.85. The Morgan fingerprint density at radius 2 is 2.29 bits per heavy atom. The second kappa shape index (κ2) is 6.62. The summed E-state index contributed by atoms with van der Waals surface area (Å²) < 4.78 is 2.35. The molecule has 0 fully saturated rings. The van der Waals surface area contributed by atoms with E-state index in [2.05, 4.69) is 52.0 Å². The van der Waals surface area contributed by atoms with E-state index in [-0.39, 0.29) is 0 Å². The summed E-state index contributed by atoms with van der Waals surface area (Å²) in [5, 5.41) is 7.83. The Hall–Kier alpha value is -1.06. The second-order valence-electron chi connectivity index (χ2n) is 4.25. The molecule has 0 aliphatic rings. The number of rotatable bonds is 7. The highest BCUT2D eigenvalue weighted by Crippen LogP contribution is 2.09. The molecule has 0 spiro atoms. The zero-order chi connectivity index (χ0) is 11.9. The Morgan fingerprint density at radius 1 is 1.35 bits per heavy atom. The Labute approximate surface area is 107 Å². The van der Waals surface area contributed by atoms with Gasteiger partial charge in [0.2, 0.25) is 0 Å². The van der Waals surface area contributed by atoms with E-state index in [4.69, 9.17) is 0 Å². The molecule has 0 radical (unpaired) electrons. The van der Waals surface area contributed by atoms with E-state index in [9.17, 15) is 0 Å². The summed E-state index contributed by atoms with van der Waals surface area (Å²) in [5.74, 6) is 0. The molecule has 2 rings (SSSR count). The van der Waals surface area contributed by atoms with Gasteiger partial charge < -0.3 is 9.88 Å². The summed E-state index contributed by atoms with van der Waals surface area (Å²) in [6.07, 6.45) is 4.49. The predicted octanol–water partition coefficient (Wildman–Crippen LogP) is 3.29. The van der Waals surface area contributed by atoms with Crippen molar-refractivity contribution in [3.05, 3.63) is 46.4 Å². The lowest BCUT2D eigenvalue weighted by Gasteiger charge is -2.09. The number of hydrogen-bond acceptors (Lipinski definition) is 2. The summed E-state index contributed by atoms with van der Waals surface area (Å²) in [6.45, 7) is 5.34. The molecule has 0 saturated heterocycles. The smallest absolute Gasteiger partial charge is 0.0359 e. The van der Waals surface area contributed by atoms with Gasteiger partial charge in [-0.3, -0.25) is 0 Å². The minimum absolute atomic E-state index is 0.977. The van der Waals surface area contributed by atoms with Crippen molar-refractivity contribution >= 4 is 11.3 Å². The lowest BCUT2D eigenvalue weighted by Crippen LogP contribution is -2.17. The molecule has 0 aliphatic carbocycles. The molecule has 2 aromatic heterocycles. The molecule has 0 atom stereocenters. The van der Waals surface area contributed by atoms with E-state index in [1.54, 1.807) is 11.3 Å². The highest BCUT2D eigenvalue weighted by Gasteiger charge is 2.01. The first kappa shape index (κ1) is 12.4. The van der Waals surface area contributed by atoms with Gasteiger partial charge in [-0.05, 0) is 53.9 Å². The molecule has 0 aromatic carbocycles. The lowest BCUT2D eigenvalue weighted by atomic mass is 10.2. The van der Waals surface area contributed by atoms with Crippen LogP contribution in [0.4, 0.5) is 0 Å². The van der Waals surface area contributed by atoms with Crippen LogP contribution < -0.4 is 5.32 Å². The monoisotopic (exact) mass is 248 g/mol. The van der Waals surface area contributed by atoms with E-state index in [0.717, 1.165) is 26.1 Å². The van der Waals surface area contributed by atoms with Crippen LogP contribution in [0.5, 0.6) is 0 Å². The van der Waals surface area contributed by atoms with Crippen molar-refractivity contribution in [1.82, 2.24) is 9.88 Å². The van der Waals surface area contributed by atoms with Gasteiger partial charge in [0, 0.05) is 25.0 Å². The van der Waals surface area contributed by atoms with Gasteiger partial charge in [-0.1, -0.05) is 6.92 Å². The van der Waals surface area contributed by atoms with Crippen LogP contribution in [0, 0.1) is 0 Å². The normalized spacial score (nSPS) is 10.9. The van der Waals surface area contributed by atoms with Crippen molar-refractivity contribution in [3.63, 3.8) is 0 Å². The molecule has 2 heterocycles. The van der Waals surface area contributed by atoms with Crippen LogP contribution in [-0.2, 0) is 19.5 Å². The van der Waals surface area contributed by atoms with Gasteiger partial charge in [-0.2, -0.15) is 11.3 Å². The maximum absolute atomic E-state index is 3.45. The molecular weight excluding hydrogens is 228 g/mol. The SMILES string of the molecule is CCCNCc1cccn1CCc1ccsc1. The van der Waals surface area contributed by atoms with Crippen molar-refractivity contribution in [2.75, 3.05) is 6.54 Å². The fourth-order valence-electron chi connectivity index (χ4n) is 1.91. The number of nitrogens with zero attached hydrogens (tertiary/aromatic N) is 1. The number of nitrogens with one attached hydrogen (secondary N) is 1. The maximum atomic E-state index is 3.45. The van der Waals surface area contributed by atoms with Gasteiger partial charge in [0.1, 0.15) is 0 Å². The van der Waals surface area contributed by atoms with Gasteiger partial charge >= 0.3 is 0 Å². The fourth-order valence-corrected chi connectivity index (χ4v) is 2.61. The van der Waals surface area contributed by atoms with Gasteiger partial charge in [-0.25, -0.2) is 0 Å². The van der Waals surface area contributed by atoms with Crippen LogP contribution in [-0.4, -0.2) is 11.1 Å². The van der Waals surface area contributed by atoms with Crippen LogP contribution in [0.3, 0.4) is 0 Å². The second-order valence-corrected chi connectivity index (χ2v) is 5.03. The molecular formula is C14H20N2S. The van der Waals surface area contributed by atoms with Gasteiger partial charge in [0.15, 0.2) is 0 Å². The molecule has 92 valence electrons. The van der Waals surface area contributed by atoms with Crippen molar-refractivity contribution in [2.24, 2.45) is 0 Å². The molecule has 2 aromatic rings. The highest BCUT2D eigenvalue weighted by molar-refractivity contribution is 7.07. The van der Waals surface area contributed by atoms with Crippen LogP contribution in [0.1, 0.15) is 24.6 Å². The molecule has 3 heteroatoms. The minimum Gasteiger partial charge on any atom is -0.350 e. The summed E-state index contributed by atoms with van der Waals surface area (Å²) in [6, 6.07) is 6.55. The molecule has 17 heavy (non-hydrogen) atoms. The van der Waals surface area contributed by atoms with Crippen molar-refractivity contribution in [2.45, 2.75) is 32.9 Å². The Morgan fingerprint density at radius 3 is 3.06 bits per heavy atom. The summed E-state index contributed by atoms with van der Waals surface area (Å²) in [5.41, 5.74) is 2.82. The Kier molecular flexibility index (Phi) is 4.83. The third-order valence-corrected chi connectivity index (χ3v) is 3.61. The largest absolute Gasteiger partial charge is 0.350 e. The maximum Gasteiger partial charge on any atom is 0.0359 e. The first-order chi connectivity index (χ1) is 8.40. The third kappa shape index (κ3) is 3.72. The first-order valence-electron chi connectivity index (χ1n) is 6.26. The highest BCUT2D eigenvalue weighted by atomic mass is 32.1. The van der Waals surface area contributed by atoms with Crippen molar-refractivity contribution in [1.29, 1.82) is 0 Å². The van der Waals surface area contributed by atoms with E-state index >= 15 is 0 Å². The fraction of sp³-hybridized carbons (Fsp3) is 0.429. The van der Waals surface area contributed by atoms with Gasteiger partial charge in [0.25, 0.3) is 0 Å². The van der Waals surface area contributed by atoms with Crippen LogP contribution >= 0.6 is 11.3 Å².